The van der Waals surface area contributed by atoms with Gasteiger partial charge in [-0.3, -0.25) is 13.2 Å². The van der Waals surface area contributed by atoms with Gasteiger partial charge in [-0.25, -0.2) is 14.4 Å². The molecular formula is C40H75N3O19S2. The van der Waals surface area contributed by atoms with E-state index in [2.05, 4.69) is 13.7 Å². The maximum Gasteiger partial charge on any atom is 0.410 e. The first-order chi connectivity index (χ1) is 29.6. The molecule has 0 aromatic carbocycles. The summed E-state index contributed by atoms with van der Waals surface area (Å²) >= 11 is 0. The summed E-state index contributed by atoms with van der Waals surface area (Å²) in [5, 5.41) is 9.20. The molecule has 0 aromatic heterocycles. The number of β-amino-alcohol motifs (C(OH)–C–C–N with tert-alkyl or cyclic N) is 1. The Morgan fingerprint density at radius 1 is 0.719 bits per heavy atom. The quantitative estimate of drug-likeness (QED) is 0.144. The van der Waals surface area contributed by atoms with E-state index in [9.17, 15) is 41.1 Å². The molecule has 4 saturated heterocycles. The van der Waals surface area contributed by atoms with E-state index in [0.29, 0.717) is 52.1 Å². The van der Waals surface area contributed by atoms with Crippen molar-refractivity contribution in [3.8, 4) is 0 Å². The van der Waals surface area contributed by atoms with Gasteiger partial charge >= 0.3 is 24.1 Å². The molecule has 2 amide bonds. The monoisotopic (exact) mass is 965 g/mol. The van der Waals surface area contributed by atoms with E-state index in [4.69, 9.17) is 38.3 Å². The third-order valence-corrected chi connectivity index (χ3v) is 10.0. The number of hydrogen-bond acceptors (Lipinski definition) is 20. The number of hydrogen-bond donors (Lipinski definition) is 2. The van der Waals surface area contributed by atoms with Crippen LogP contribution < -0.4 is 5.73 Å². The molecule has 24 heteroatoms. The molecule has 3 N–H and O–H groups in total. The fraction of sp³-hybridized carbons (Fsp3) is 0.900. The van der Waals surface area contributed by atoms with Crippen molar-refractivity contribution in [2.24, 2.45) is 5.73 Å². The van der Waals surface area contributed by atoms with Crippen molar-refractivity contribution in [1.82, 2.24) is 9.80 Å². The lowest BCUT2D eigenvalue weighted by Crippen LogP contribution is -2.36. The molecule has 4 rings (SSSR count). The highest BCUT2D eigenvalue weighted by Crippen LogP contribution is 2.20. The number of ether oxygens (including phenoxy) is 8. The fourth-order valence-corrected chi connectivity index (χ4v) is 6.62. The Kier molecular flexibility index (Phi) is 26.7. The number of nitrogens with two attached hydrogens (primary N) is 1. The normalized spacial score (nSPS) is 22.5. The minimum Gasteiger partial charge on any atom is -0.469 e. The Morgan fingerprint density at radius 3 is 1.61 bits per heavy atom. The van der Waals surface area contributed by atoms with Crippen molar-refractivity contribution in [2.45, 2.75) is 154 Å². The van der Waals surface area contributed by atoms with Crippen molar-refractivity contribution in [3.05, 3.63) is 0 Å². The van der Waals surface area contributed by atoms with Gasteiger partial charge < -0.3 is 58.5 Å². The van der Waals surface area contributed by atoms with Crippen LogP contribution >= 0.6 is 0 Å². The van der Waals surface area contributed by atoms with Crippen molar-refractivity contribution >= 4 is 44.4 Å². The van der Waals surface area contributed by atoms with Gasteiger partial charge in [0.1, 0.15) is 11.2 Å². The smallest absolute Gasteiger partial charge is 0.410 e. The Balaban J connectivity index is 0.000000435. The van der Waals surface area contributed by atoms with Crippen LogP contribution in [-0.2, 0) is 76.1 Å². The number of amides is 2. The number of rotatable bonds is 14. The first kappa shape index (κ1) is 59.1. The van der Waals surface area contributed by atoms with Crippen LogP contribution in [0.1, 0.15) is 106 Å². The van der Waals surface area contributed by atoms with Crippen LogP contribution in [-0.4, -0.2) is 183 Å². The van der Waals surface area contributed by atoms with Crippen LogP contribution in [0.15, 0.2) is 0 Å². The minimum atomic E-state index is -3.59. The minimum absolute atomic E-state index is 0.108. The second kappa shape index (κ2) is 29.0. The van der Waals surface area contributed by atoms with Crippen molar-refractivity contribution in [2.75, 3.05) is 79.3 Å². The Hall–Kier alpha value is -2.94. The number of methoxy groups -OCH3 is 2. The molecule has 4 aliphatic heterocycles. The molecule has 0 bridgehead atoms. The molecule has 0 radical (unpaired) electrons. The first-order valence-electron chi connectivity index (χ1n) is 21.4. The third-order valence-electron chi connectivity index (χ3n) is 8.88. The molecule has 376 valence electrons. The van der Waals surface area contributed by atoms with Crippen molar-refractivity contribution < 1.29 is 87.4 Å². The van der Waals surface area contributed by atoms with E-state index in [0.717, 1.165) is 51.2 Å². The first-order valence-corrected chi connectivity index (χ1v) is 25.0. The summed E-state index contributed by atoms with van der Waals surface area (Å²) in [6, 6.07) is 0.118. The molecule has 4 aliphatic rings. The number of nitrogens with zero attached hydrogens (tertiary/aromatic N) is 2. The lowest BCUT2D eigenvalue weighted by atomic mass is 10.2. The Morgan fingerprint density at radius 2 is 1.22 bits per heavy atom. The standard InChI is InChI=1S/C11H22O8S2.C11H18O6.C9H18N2O2.C9H17NO3/c1-20(12,13)17-8-6-10(9-18-21(2,14)15)19-11-5-3-4-7-16-11;1-14-9(12)7-8(11(13)15-2)17-10-5-3-4-6-16-10;1-9(2,3)13-8(12)11-5-4-7(10)6-11;1-9(2,3)13-8(12)10-5-4-7(11)6-10/h10-11H,3-9H2,1-2H3;8,10H,3-7H2,1-2H3;7H,4-6,10H2,1-3H3;7,11H,4-6H2,1-3H3/t10-,11?;8-,10?;2*7-/m0000/s1. The maximum absolute atomic E-state index is 11.5. The van der Waals surface area contributed by atoms with Gasteiger partial charge in [-0.15, -0.1) is 0 Å². The summed E-state index contributed by atoms with van der Waals surface area (Å²) in [5.41, 5.74) is 4.81. The second-order valence-corrected chi connectivity index (χ2v) is 20.7. The summed E-state index contributed by atoms with van der Waals surface area (Å²) in [5.74, 6) is -1.11. The van der Waals surface area contributed by atoms with Crippen LogP contribution in [0.2, 0.25) is 0 Å². The Labute approximate surface area is 379 Å². The topological polar surface area (TPSA) is 282 Å². The fourth-order valence-electron chi connectivity index (χ4n) is 5.82. The summed E-state index contributed by atoms with van der Waals surface area (Å²) in [7, 11) is -4.63. The molecule has 22 nitrogen and oxygen atoms in total. The van der Waals surface area contributed by atoms with Gasteiger partial charge in [0.25, 0.3) is 20.2 Å². The van der Waals surface area contributed by atoms with Crippen LogP contribution in [0.25, 0.3) is 0 Å². The molecule has 6 atom stereocenters. The van der Waals surface area contributed by atoms with Gasteiger partial charge in [0.05, 0.1) is 58.6 Å². The predicted molar refractivity (Wildman–Crippen MR) is 231 cm³/mol. The molecule has 0 spiro atoms. The second-order valence-electron chi connectivity index (χ2n) is 17.4. The van der Waals surface area contributed by atoms with E-state index in [-0.39, 0.29) is 50.4 Å². The average Bonchev–Trinajstić information content (AvgIpc) is 3.84. The van der Waals surface area contributed by atoms with Gasteiger partial charge in [0.15, 0.2) is 18.7 Å². The number of aliphatic hydroxyl groups excluding tert-OH is 1. The van der Waals surface area contributed by atoms with E-state index >= 15 is 0 Å². The predicted octanol–water partition coefficient (Wildman–Crippen LogP) is 2.82. The summed E-state index contributed by atoms with van der Waals surface area (Å²) in [6.07, 6.45) is 5.33. The molecule has 0 aliphatic carbocycles. The zero-order chi connectivity index (χ0) is 48.7. The van der Waals surface area contributed by atoms with Gasteiger partial charge in [-0.1, -0.05) is 0 Å². The summed E-state index contributed by atoms with van der Waals surface area (Å²) < 4.78 is 94.4. The number of carbonyl (C=O) groups is 4. The molecule has 2 unspecified atom stereocenters. The van der Waals surface area contributed by atoms with Gasteiger partial charge in [0.2, 0.25) is 0 Å². The van der Waals surface area contributed by atoms with E-state index in [1.54, 1.807) is 4.90 Å². The van der Waals surface area contributed by atoms with E-state index < -0.39 is 68.2 Å². The van der Waals surface area contributed by atoms with Crippen molar-refractivity contribution in [3.63, 3.8) is 0 Å². The van der Waals surface area contributed by atoms with E-state index in [1.165, 1.54) is 19.1 Å². The van der Waals surface area contributed by atoms with E-state index in [1.807, 2.05) is 41.5 Å². The highest BCUT2D eigenvalue weighted by atomic mass is 32.2. The van der Waals surface area contributed by atoms with Gasteiger partial charge in [-0.05, 0) is 92.9 Å². The van der Waals surface area contributed by atoms with Crippen LogP contribution in [0, 0.1) is 0 Å². The molecule has 4 fully saturated rings. The Bertz CT molecular complexity index is 1560. The molecular weight excluding hydrogens is 891 g/mol. The SMILES string of the molecule is CC(C)(C)OC(=O)N1CC[C@H](N)C1.CC(C)(C)OC(=O)N1CC[C@H](O)C1.COC(=O)C[C@H](OC1CCCCO1)C(=O)OC.CS(=O)(=O)OCC[C@@H](COS(C)(=O)=O)OC1CCCCO1. The lowest BCUT2D eigenvalue weighted by molar-refractivity contribution is -0.205. The zero-order valence-corrected chi connectivity index (χ0v) is 40.9. The highest BCUT2D eigenvalue weighted by Gasteiger charge is 2.31. The largest absolute Gasteiger partial charge is 0.469 e. The summed E-state index contributed by atoms with van der Waals surface area (Å²) in [4.78, 5) is 48.6. The van der Waals surface area contributed by atoms with Crippen LogP contribution in [0.3, 0.4) is 0 Å². The maximum atomic E-state index is 11.5. The molecule has 64 heavy (non-hydrogen) atoms. The zero-order valence-electron chi connectivity index (χ0n) is 39.3. The van der Waals surface area contributed by atoms with Crippen molar-refractivity contribution in [1.29, 1.82) is 0 Å². The lowest BCUT2D eigenvalue weighted by Gasteiger charge is -2.27. The highest BCUT2D eigenvalue weighted by molar-refractivity contribution is 7.86. The number of likely N-dealkylation sites (tertiary alicyclic amines) is 2. The molecule has 4 heterocycles. The number of aliphatic hydroxyl groups is 1. The van der Waals surface area contributed by atoms with Gasteiger partial charge in [-0.2, -0.15) is 16.8 Å². The number of esters is 2. The van der Waals surface area contributed by atoms with Crippen LogP contribution in [0.4, 0.5) is 9.59 Å². The summed E-state index contributed by atoms with van der Waals surface area (Å²) in [6.45, 7) is 14.3. The average molecular weight is 966 g/mol. The van der Waals surface area contributed by atoms with Gasteiger partial charge in [0, 0.05) is 51.9 Å². The molecule has 0 aromatic rings. The van der Waals surface area contributed by atoms with Crippen LogP contribution in [0.5, 0.6) is 0 Å². The number of carbonyl (C=O) groups excluding carboxylic acids is 4. The molecule has 0 saturated carbocycles. The third kappa shape index (κ3) is 29.6.